The van der Waals surface area contributed by atoms with Crippen molar-refractivity contribution >= 4 is 23.5 Å². The molecule has 1 heterocycles. The van der Waals surface area contributed by atoms with Gasteiger partial charge in [-0.25, -0.2) is 4.79 Å². The van der Waals surface area contributed by atoms with Gasteiger partial charge in [-0.15, -0.1) is 0 Å². The van der Waals surface area contributed by atoms with Crippen molar-refractivity contribution in [2.45, 2.75) is 18.9 Å². The van der Waals surface area contributed by atoms with Gasteiger partial charge in [0.1, 0.15) is 6.04 Å². The highest BCUT2D eigenvalue weighted by atomic mass is 35.5. The Kier molecular flexibility index (Phi) is 5.80. The van der Waals surface area contributed by atoms with Crippen molar-refractivity contribution in [2.24, 2.45) is 5.92 Å². The van der Waals surface area contributed by atoms with Crippen LogP contribution in [0.15, 0.2) is 24.3 Å². The topological polar surface area (TPSA) is 58.6 Å². The number of halogens is 1. The van der Waals surface area contributed by atoms with Crippen LogP contribution in [0.5, 0.6) is 0 Å². The predicted octanol–water partition coefficient (Wildman–Crippen LogP) is 2.01. The summed E-state index contributed by atoms with van der Waals surface area (Å²) in [6.07, 6.45) is 1.44. The molecule has 1 atom stereocenters. The van der Waals surface area contributed by atoms with E-state index < -0.39 is 6.04 Å². The molecule has 0 saturated carbocycles. The van der Waals surface area contributed by atoms with Gasteiger partial charge in [-0.1, -0.05) is 29.8 Å². The molecule has 0 spiro atoms. The lowest BCUT2D eigenvalue weighted by molar-refractivity contribution is -0.148. The molecule has 1 aromatic carbocycles. The number of piperidine rings is 1. The third kappa shape index (κ3) is 3.59. The SMILES string of the molecule is CNC(=O)C1CCN([C@H](C(=O)OC)c2ccccc2Cl)CC1. The number of esters is 1. The second kappa shape index (κ2) is 7.61. The lowest BCUT2D eigenvalue weighted by Crippen LogP contribution is -2.43. The fourth-order valence-electron chi connectivity index (χ4n) is 2.91. The van der Waals surface area contributed by atoms with Gasteiger partial charge in [0, 0.05) is 31.1 Å². The minimum absolute atomic E-state index is 0.00536. The monoisotopic (exact) mass is 324 g/mol. The average Bonchev–Trinajstić information content (AvgIpc) is 2.56. The molecule has 1 saturated heterocycles. The van der Waals surface area contributed by atoms with E-state index in [4.69, 9.17) is 16.3 Å². The number of ether oxygens (including phenoxy) is 1. The number of likely N-dealkylation sites (tertiary alicyclic amines) is 1. The van der Waals surface area contributed by atoms with E-state index in [0.717, 1.165) is 18.4 Å². The summed E-state index contributed by atoms with van der Waals surface area (Å²) in [5.74, 6) is -0.260. The Balaban J connectivity index is 2.17. The van der Waals surface area contributed by atoms with Gasteiger partial charge in [-0.3, -0.25) is 9.69 Å². The lowest BCUT2D eigenvalue weighted by Gasteiger charge is -2.36. The van der Waals surface area contributed by atoms with E-state index in [-0.39, 0.29) is 17.8 Å². The molecule has 1 aliphatic heterocycles. The summed E-state index contributed by atoms with van der Waals surface area (Å²) in [7, 11) is 3.03. The summed E-state index contributed by atoms with van der Waals surface area (Å²) in [6, 6.07) is 6.77. The van der Waals surface area contributed by atoms with Crippen molar-refractivity contribution in [3.63, 3.8) is 0 Å². The third-order valence-corrected chi connectivity index (χ3v) is 4.48. The lowest BCUT2D eigenvalue weighted by atomic mass is 9.93. The van der Waals surface area contributed by atoms with Crippen LogP contribution in [-0.2, 0) is 14.3 Å². The summed E-state index contributed by atoms with van der Waals surface area (Å²) < 4.78 is 4.95. The standard InChI is InChI=1S/C16H21ClN2O3/c1-18-15(20)11-7-9-19(10-8-11)14(16(21)22-2)12-5-3-4-6-13(12)17/h3-6,11,14H,7-10H2,1-2H3,(H,18,20)/t14-/m0/s1. The zero-order valence-corrected chi connectivity index (χ0v) is 13.6. The molecule has 1 fully saturated rings. The highest BCUT2D eigenvalue weighted by molar-refractivity contribution is 6.31. The van der Waals surface area contributed by atoms with Gasteiger partial charge >= 0.3 is 5.97 Å². The highest BCUT2D eigenvalue weighted by Gasteiger charge is 2.34. The summed E-state index contributed by atoms with van der Waals surface area (Å²) >= 11 is 6.24. The maximum atomic E-state index is 12.2. The van der Waals surface area contributed by atoms with Crippen LogP contribution in [0.3, 0.4) is 0 Å². The first-order valence-electron chi connectivity index (χ1n) is 7.36. The van der Waals surface area contributed by atoms with E-state index in [1.165, 1.54) is 7.11 Å². The van der Waals surface area contributed by atoms with Gasteiger partial charge in [0.05, 0.1) is 7.11 Å². The van der Waals surface area contributed by atoms with Crippen molar-refractivity contribution in [1.82, 2.24) is 10.2 Å². The van der Waals surface area contributed by atoms with Crippen LogP contribution in [0.1, 0.15) is 24.4 Å². The van der Waals surface area contributed by atoms with Crippen molar-refractivity contribution in [3.8, 4) is 0 Å². The number of methoxy groups -OCH3 is 1. The van der Waals surface area contributed by atoms with Crippen molar-refractivity contribution < 1.29 is 14.3 Å². The van der Waals surface area contributed by atoms with Crippen LogP contribution in [0.25, 0.3) is 0 Å². The van der Waals surface area contributed by atoms with E-state index in [0.29, 0.717) is 18.1 Å². The number of hydrogen-bond donors (Lipinski definition) is 1. The highest BCUT2D eigenvalue weighted by Crippen LogP contribution is 2.31. The largest absolute Gasteiger partial charge is 0.468 e. The van der Waals surface area contributed by atoms with Crippen LogP contribution < -0.4 is 5.32 Å². The second-order valence-corrected chi connectivity index (χ2v) is 5.78. The van der Waals surface area contributed by atoms with Crippen molar-refractivity contribution in [2.75, 3.05) is 27.2 Å². The first kappa shape index (κ1) is 16.8. The molecule has 120 valence electrons. The number of nitrogens with one attached hydrogen (secondary N) is 1. The Bertz CT molecular complexity index is 542. The Hall–Kier alpha value is -1.59. The summed E-state index contributed by atoms with van der Waals surface area (Å²) in [4.78, 5) is 26.0. The molecule has 0 aromatic heterocycles. The molecular weight excluding hydrogens is 304 g/mol. The maximum Gasteiger partial charge on any atom is 0.327 e. The number of hydrogen-bond acceptors (Lipinski definition) is 4. The summed E-state index contributed by atoms with van der Waals surface area (Å²) in [6.45, 7) is 1.31. The first-order chi connectivity index (χ1) is 10.6. The Morgan fingerprint density at radius 2 is 1.95 bits per heavy atom. The van der Waals surface area contributed by atoms with E-state index in [1.807, 2.05) is 23.1 Å². The number of amides is 1. The van der Waals surface area contributed by atoms with Crippen molar-refractivity contribution in [1.29, 1.82) is 0 Å². The molecule has 5 nitrogen and oxygen atoms in total. The zero-order chi connectivity index (χ0) is 16.1. The molecule has 0 bridgehead atoms. The number of carbonyl (C=O) groups is 2. The van der Waals surface area contributed by atoms with E-state index in [1.54, 1.807) is 13.1 Å². The molecule has 0 aliphatic carbocycles. The molecule has 0 unspecified atom stereocenters. The molecule has 2 rings (SSSR count). The molecule has 0 radical (unpaired) electrons. The Morgan fingerprint density at radius 3 is 2.50 bits per heavy atom. The molecular formula is C16H21ClN2O3. The Morgan fingerprint density at radius 1 is 1.32 bits per heavy atom. The number of benzene rings is 1. The smallest absolute Gasteiger partial charge is 0.327 e. The van der Waals surface area contributed by atoms with E-state index in [9.17, 15) is 9.59 Å². The van der Waals surface area contributed by atoms with Crippen LogP contribution in [0.4, 0.5) is 0 Å². The minimum atomic E-state index is -0.524. The maximum absolute atomic E-state index is 12.2. The van der Waals surface area contributed by atoms with Gasteiger partial charge in [-0.05, 0) is 24.5 Å². The zero-order valence-electron chi connectivity index (χ0n) is 12.8. The van der Waals surface area contributed by atoms with Gasteiger partial charge in [0.25, 0.3) is 0 Å². The Labute approximate surface area is 135 Å². The summed E-state index contributed by atoms with van der Waals surface area (Å²) in [5, 5.41) is 3.23. The number of nitrogens with zero attached hydrogens (tertiary/aromatic N) is 1. The van der Waals surface area contributed by atoms with Crippen LogP contribution in [0, 0.1) is 5.92 Å². The van der Waals surface area contributed by atoms with E-state index in [2.05, 4.69) is 5.32 Å². The fraction of sp³-hybridized carbons (Fsp3) is 0.500. The summed E-state index contributed by atoms with van der Waals surface area (Å²) in [5.41, 5.74) is 0.745. The number of rotatable bonds is 4. The average molecular weight is 325 g/mol. The fourth-order valence-corrected chi connectivity index (χ4v) is 3.14. The van der Waals surface area contributed by atoms with Crippen LogP contribution >= 0.6 is 11.6 Å². The van der Waals surface area contributed by atoms with E-state index >= 15 is 0 Å². The van der Waals surface area contributed by atoms with Gasteiger partial charge in [0.2, 0.25) is 5.91 Å². The molecule has 1 aromatic rings. The predicted molar refractivity (Wildman–Crippen MR) is 84.6 cm³/mol. The van der Waals surface area contributed by atoms with Crippen LogP contribution in [0.2, 0.25) is 5.02 Å². The van der Waals surface area contributed by atoms with Gasteiger partial charge in [-0.2, -0.15) is 0 Å². The molecule has 1 aliphatic rings. The minimum Gasteiger partial charge on any atom is -0.468 e. The van der Waals surface area contributed by atoms with Crippen molar-refractivity contribution in [3.05, 3.63) is 34.9 Å². The molecule has 1 amide bonds. The quantitative estimate of drug-likeness (QED) is 0.861. The van der Waals surface area contributed by atoms with Crippen LogP contribution in [-0.4, -0.2) is 44.0 Å². The number of carbonyl (C=O) groups excluding carboxylic acids is 2. The third-order valence-electron chi connectivity index (χ3n) is 4.14. The second-order valence-electron chi connectivity index (χ2n) is 5.37. The normalized spacial score (nSPS) is 17.8. The van der Waals surface area contributed by atoms with Gasteiger partial charge < -0.3 is 10.1 Å². The molecule has 1 N–H and O–H groups in total. The molecule has 6 heteroatoms. The first-order valence-corrected chi connectivity index (χ1v) is 7.74. The van der Waals surface area contributed by atoms with Gasteiger partial charge in [0.15, 0.2) is 0 Å². The molecule has 22 heavy (non-hydrogen) atoms.